The van der Waals surface area contributed by atoms with Gasteiger partial charge in [0.15, 0.2) is 5.82 Å². The first kappa shape index (κ1) is 15.5. The van der Waals surface area contributed by atoms with Crippen LogP contribution < -0.4 is 4.74 Å². The third-order valence-electron chi connectivity index (χ3n) is 4.53. The Hall–Kier alpha value is -3.02. The fraction of sp³-hybridized carbons (Fsp3) is 0.263. The van der Waals surface area contributed by atoms with E-state index in [0.717, 1.165) is 43.2 Å². The Morgan fingerprint density at radius 1 is 1.08 bits per heavy atom. The van der Waals surface area contributed by atoms with Crippen LogP contribution in [0.1, 0.15) is 23.2 Å². The molecule has 0 saturated carbocycles. The van der Waals surface area contributed by atoms with Gasteiger partial charge in [-0.2, -0.15) is 5.10 Å². The summed E-state index contributed by atoms with van der Waals surface area (Å²) in [6.07, 6.45) is 7.66. The van der Waals surface area contributed by atoms with Gasteiger partial charge in [0, 0.05) is 25.5 Å². The van der Waals surface area contributed by atoms with Gasteiger partial charge in [0.25, 0.3) is 5.91 Å². The number of amides is 1. The quantitative estimate of drug-likeness (QED) is 0.736. The standard InChI is InChI=1S/C19H20N4O2/c1-25-16-8-6-15(7-9-16)23-18(21-10-2-3-11-21)17(14-20-23)19(24)22-12-4-5-13-22/h2-3,6-11,14H,4-5,12-13H2,1H3. The van der Waals surface area contributed by atoms with E-state index in [1.807, 2.05) is 58.3 Å². The maximum absolute atomic E-state index is 12.9. The predicted molar refractivity (Wildman–Crippen MR) is 94.6 cm³/mol. The van der Waals surface area contributed by atoms with Crippen LogP contribution in [0.15, 0.2) is 55.0 Å². The van der Waals surface area contributed by atoms with Crippen LogP contribution in [0.25, 0.3) is 11.5 Å². The van der Waals surface area contributed by atoms with Gasteiger partial charge in [0.1, 0.15) is 11.3 Å². The van der Waals surface area contributed by atoms with Crippen molar-refractivity contribution in [3.05, 3.63) is 60.6 Å². The zero-order valence-corrected chi connectivity index (χ0v) is 14.1. The van der Waals surface area contributed by atoms with Gasteiger partial charge in [-0.15, -0.1) is 0 Å². The summed E-state index contributed by atoms with van der Waals surface area (Å²) >= 11 is 0. The van der Waals surface area contributed by atoms with E-state index in [4.69, 9.17) is 4.74 Å². The van der Waals surface area contributed by atoms with E-state index in [0.29, 0.717) is 5.56 Å². The summed E-state index contributed by atoms with van der Waals surface area (Å²) in [6.45, 7) is 1.63. The zero-order chi connectivity index (χ0) is 17.2. The largest absolute Gasteiger partial charge is 0.497 e. The molecule has 1 saturated heterocycles. The summed E-state index contributed by atoms with van der Waals surface area (Å²) < 4.78 is 8.95. The minimum atomic E-state index is 0.0426. The first-order valence-electron chi connectivity index (χ1n) is 8.43. The molecule has 0 bridgehead atoms. The van der Waals surface area contributed by atoms with Gasteiger partial charge in [-0.3, -0.25) is 4.79 Å². The molecule has 3 aromatic rings. The van der Waals surface area contributed by atoms with Gasteiger partial charge in [-0.25, -0.2) is 4.68 Å². The van der Waals surface area contributed by atoms with Crippen molar-refractivity contribution in [2.45, 2.75) is 12.8 Å². The van der Waals surface area contributed by atoms with Crippen LogP contribution in [-0.4, -0.2) is 45.4 Å². The van der Waals surface area contributed by atoms with E-state index in [9.17, 15) is 4.79 Å². The zero-order valence-electron chi connectivity index (χ0n) is 14.1. The van der Waals surface area contributed by atoms with Crippen LogP contribution in [0.4, 0.5) is 0 Å². The van der Waals surface area contributed by atoms with Crippen LogP contribution in [0.5, 0.6) is 5.75 Å². The summed E-state index contributed by atoms with van der Waals surface area (Å²) in [6, 6.07) is 11.5. The number of ether oxygens (including phenoxy) is 1. The molecule has 1 aliphatic heterocycles. The second kappa shape index (κ2) is 6.47. The smallest absolute Gasteiger partial charge is 0.259 e. The lowest BCUT2D eigenvalue weighted by atomic mass is 10.2. The highest BCUT2D eigenvalue weighted by Crippen LogP contribution is 2.24. The minimum Gasteiger partial charge on any atom is -0.497 e. The Labute approximate surface area is 146 Å². The number of likely N-dealkylation sites (tertiary alicyclic amines) is 1. The van der Waals surface area contributed by atoms with Crippen LogP contribution in [0.2, 0.25) is 0 Å². The molecule has 1 amide bonds. The Kier molecular flexibility index (Phi) is 4.01. The molecule has 0 atom stereocenters. The molecule has 2 aromatic heterocycles. The van der Waals surface area contributed by atoms with Crippen LogP contribution in [0.3, 0.4) is 0 Å². The number of carbonyl (C=O) groups is 1. The lowest BCUT2D eigenvalue weighted by Crippen LogP contribution is -2.28. The van der Waals surface area contributed by atoms with Gasteiger partial charge in [-0.05, 0) is 49.2 Å². The number of rotatable bonds is 4. The number of carbonyl (C=O) groups excluding carboxylic acids is 1. The van der Waals surface area contributed by atoms with E-state index in [-0.39, 0.29) is 5.91 Å². The summed E-state index contributed by atoms with van der Waals surface area (Å²) in [7, 11) is 1.64. The molecule has 25 heavy (non-hydrogen) atoms. The molecule has 1 fully saturated rings. The van der Waals surface area contributed by atoms with Gasteiger partial charge in [-0.1, -0.05) is 0 Å². The van der Waals surface area contributed by atoms with Gasteiger partial charge >= 0.3 is 0 Å². The monoisotopic (exact) mass is 336 g/mol. The number of hydrogen-bond donors (Lipinski definition) is 0. The molecular weight excluding hydrogens is 316 g/mol. The molecule has 6 nitrogen and oxygen atoms in total. The molecule has 0 N–H and O–H groups in total. The average molecular weight is 336 g/mol. The van der Waals surface area contributed by atoms with Crippen molar-refractivity contribution < 1.29 is 9.53 Å². The van der Waals surface area contributed by atoms with Crippen molar-refractivity contribution in [1.82, 2.24) is 19.2 Å². The second-order valence-electron chi connectivity index (χ2n) is 6.08. The Balaban J connectivity index is 1.80. The van der Waals surface area contributed by atoms with Crippen molar-refractivity contribution in [1.29, 1.82) is 0 Å². The Morgan fingerprint density at radius 2 is 1.76 bits per heavy atom. The highest BCUT2D eigenvalue weighted by atomic mass is 16.5. The van der Waals surface area contributed by atoms with Crippen molar-refractivity contribution in [2.24, 2.45) is 0 Å². The molecular formula is C19H20N4O2. The molecule has 1 aromatic carbocycles. The SMILES string of the molecule is COc1ccc(-n2ncc(C(=O)N3CCCC3)c2-n2cccc2)cc1. The molecule has 3 heterocycles. The molecule has 128 valence electrons. The lowest BCUT2D eigenvalue weighted by molar-refractivity contribution is 0.0793. The third kappa shape index (κ3) is 2.80. The number of aromatic nitrogens is 3. The number of nitrogens with zero attached hydrogens (tertiary/aromatic N) is 4. The average Bonchev–Trinajstić information content (AvgIpc) is 3.42. The fourth-order valence-corrected chi connectivity index (χ4v) is 3.22. The number of methoxy groups -OCH3 is 1. The fourth-order valence-electron chi connectivity index (χ4n) is 3.22. The maximum atomic E-state index is 12.9. The molecule has 1 aliphatic rings. The maximum Gasteiger partial charge on any atom is 0.259 e. The Morgan fingerprint density at radius 3 is 2.40 bits per heavy atom. The topological polar surface area (TPSA) is 52.3 Å². The first-order chi connectivity index (χ1) is 12.3. The van der Waals surface area contributed by atoms with Crippen molar-refractivity contribution in [3.8, 4) is 17.3 Å². The third-order valence-corrected chi connectivity index (χ3v) is 4.53. The predicted octanol–water partition coefficient (Wildman–Crippen LogP) is 2.91. The number of benzene rings is 1. The van der Waals surface area contributed by atoms with Crippen LogP contribution in [0, 0.1) is 0 Å². The highest BCUT2D eigenvalue weighted by molar-refractivity contribution is 5.97. The molecule has 0 radical (unpaired) electrons. The van der Waals surface area contributed by atoms with Gasteiger partial charge < -0.3 is 14.2 Å². The van der Waals surface area contributed by atoms with E-state index < -0.39 is 0 Å². The summed E-state index contributed by atoms with van der Waals surface area (Å²) in [5, 5.41) is 4.50. The summed E-state index contributed by atoms with van der Waals surface area (Å²) in [5.74, 6) is 1.58. The lowest BCUT2D eigenvalue weighted by Gasteiger charge is -2.16. The van der Waals surface area contributed by atoms with Crippen molar-refractivity contribution in [3.63, 3.8) is 0 Å². The van der Waals surface area contributed by atoms with E-state index >= 15 is 0 Å². The second-order valence-corrected chi connectivity index (χ2v) is 6.08. The van der Waals surface area contributed by atoms with E-state index in [2.05, 4.69) is 5.10 Å². The van der Waals surface area contributed by atoms with Crippen molar-refractivity contribution in [2.75, 3.05) is 20.2 Å². The van der Waals surface area contributed by atoms with Gasteiger partial charge in [0.2, 0.25) is 0 Å². The molecule has 4 rings (SSSR count). The molecule has 0 spiro atoms. The molecule has 6 heteroatoms. The highest BCUT2D eigenvalue weighted by Gasteiger charge is 2.26. The van der Waals surface area contributed by atoms with Crippen LogP contribution in [-0.2, 0) is 0 Å². The summed E-state index contributed by atoms with van der Waals surface area (Å²) in [4.78, 5) is 14.9. The van der Waals surface area contributed by atoms with E-state index in [1.54, 1.807) is 18.0 Å². The van der Waals surface area contributed by atoms with Crippen molar-refractivity contribution >= 4 is 5.91 Å². The number of hydrogen-bond acceptors (Lipinski definition) is 3. The first-order valence-corrected chi connectivity index (χ1v) is 8.43. The molecule has 0 unspecified atom stereocenters. The van der Waals surface area contributed by atoms with Crippen LogP contribution >= 0.6 is 0 Å². The summed E-state index contributed by atoms with van der Waals surface area (Å²) in [5.41, 5.74) is 1.50. The van der Waals surface area contributed by atoms with Gasteiger partial charge in [0.05, 0.1) is 19.0 Å². The molecule has 0 aliphatic carbocycles. The minimum absolute atomic E-state index is 0.0426. The van der Waals surface area contributed by atoms with E-state index in [1.165, 1.54) is 0 Å². The normalized spacial score (nSPS) is 14.0. The Bertz CT molecular complexity index is 859.